The summed E-state index contributed by atoms with van der Waals surface area (Å²) >= 11 is 5.98. The van der Waals surface area contributed by atoms with Crippen LogP contribution < -0.4 is 14.8 Å². The molecule has 0 aliphatic carbocycles. The summed E-state index contributed by atoms with van der Waals surface area (Å²) in [5, 5.41) is 3.27. The predicted octanol–water partition coefficient (Wildman–Crippen LogP) is 4.15. The summed E-state index contributed by atoms with van der Waals surface area (Å²) in [6, 6.07) is 14.4. The summed E-state index contributed by atoms with van der Waals surface area (Å²) in [5.41, 5.74) is 0.607. The highest BCUT2D eigenvalue weighted by molar-refractivity contribution is 6.33. The van der Waals surface area contributed by atoms with E-state index in [1.165, 1.54) is 0 Å². The predicted molar refractivity (Wildman–Crippen MR) is 87.8 cm³/mol. The second kappa shape index (κ2) is 8.29. The van der Waals surface area contributed by atoms with Crippen molar-refractivity contribution in [3.05, 3.63) is 53.6 Å². The first-order valence-corrected chi connectivity index (χ1v) is 7.47. The molecule has 5 heteroatoms. The Morgan fingerprint density at radius 1 is 1.05 bits per heavy atom. The Hall–Kier alpha value is -2.20. The van der Waals surface area contributed by atoms with Crippen molar-refractivity contribution in [3.8, 4) is 11.5 Å². The number of rotatable bonds is 7. The molecule has 2 aromatic rings. The molecule has 0 aliphatic heterocycles. The molecule has 0 heterocycles. The number of carbonyl (C=O) groups is 1. The summed E-state index contributed by atoms with van der Waals surface area (Å²) in [5.74, 6) is 1.36. The van der Waals surface area contributed by atoms with Gasteiger partial charge in [-0.2, -0.15) is 0 Å². The zero-order valence-corrected chi connectivity index (χ0v) is 13.1. The first kappa shape index (κ1) is 16.2. The lowest BCUT2D eigenvalue weighted by molar-refractivity contribution is -0.116. The van der Waals surface area contributed by atoms with Gasteiger partial charge in [0.15, 0.2) is 0 Å². The van der Waals surface area contributed by atoms with Gasteiger partial charge >= 0.3 is 0 Å². The molecule has 0 unspecified atom stereocenters. The minimum atomic E-state index is -0.140. The lowest BCUT2D eigenvalue weighted by atomic mass is 10.3. The number of para-hydroxylation sites is 1. The summed E-state index contributed by atoms with van der Waals surface area (Å²) in [4.78, 5) is 11.8. The summed E-state index contributed by atoms with van der Waals surface area (Å²) in [6.45, 7) is 2.86. The van der Waals surface area contributed by atoms with Crippen LogP contribution in [-0.4, -0.2) is 19.1 Å². The molecule has 116 valence electrons. The number of halogens is 1. The highest BCUT2D eigenvalue weighted by atomic mass is 35.5. The number of benzene rings is 2. The van der Waals surface area contributed by atoms with Crippen LogP contribution in [0.4, 0.5) is 5.69 Å². The Morgan fingerprint density at radius 2 is 1.68 bits per heavy atom. The van der Waals surface area contributed by atoms with Crippen LogP contribution in [0.1, 0.15) is 13.3 Å². The molecular formula is C17H18ClNO3. The van der Waals surface area contributed by atoms with Crippen molar-refractivity contribution in [3.63, 3.8) is 0 Å². The van der Waals surface area contributed by atoms with Gasteiger partial charge in [0.25, 0.3) is 0 Å². The molecular weight excluding hydrogens is 302 g/mol. The van der Waals surface area contributed by atoms with E-state index in [4.69, 9.17) is 21.1 Å². The van der Waals surface area contributed by atoms with Gasteiger partial charge in [0.1, 0.15) is 11.5 Å². The zero-order valence-electron chi connectivity index (χ0n) is 12.3. The Bertz CT molecular complexity index is 614. The van der Waals surface area contributed by atoms with Crippen molar-refractivity contribution in [1.29, 1.82) is 0 Å². The van der Waals surface area contributed by atoms with E-state index < -0.39 is 0 Å². The van der Waals surface area contributed by atoms with Crippen LogP contribution in [0.3, 0.4) is 0 Å². The molecule has 2 rings (SSSR count). The molecule has 2 aromatic carbocycles. The number of ether oxygens (including phenoxy) is 2. The molecule has 0 spiro atoms. The zero-order chi connectivity index (χ0) is 15.8. The van der Waals surface area contributed by atoms with Crippen LogP contribution >= 0.6 is 11.6 Å². The van der Waals surface area contributed by atoms with E-state index in [-0.39, 0.29) is 12.3 Å². The molecule has 0 aliphatic rings. The van der Waals surface area contributed by atoms with Crippen molar-refractivity contribution in [1.82, 2.24) is 0 Å². The largest absolute Gasteiger partial charge is 0.494 e. The SMILES string of the molecule is CCOc1ccc(OCCC(=O)Nc2ccccc2Cl)cc1. The molecule has 0 radical (unpaired) electrons. The maximum Gasteiger partial charge on any atom is 0.227 e. The maximum absolute atomic E-state index is 11.8. The lowest BCUT2D eigenvalue weighted by Crippen LogP contribution is -2.15. The van der Waals surface area contributed by atoms with Gasteiger partial charge in [-0.1, -0.05) is 23.7 Å². The smallest absolute Gasteiger partial charge is 0.227 e. The molecule has 0 bridgehead atoms. The van der Waals surface area contributed by atoms with Gasteiger partial charge in [0.2, 0.25) is 5.91 Å². The number of nitrogens with one attached hydrogen (secondary N) is 1. The Morgan fingerprint density at radius 3 is 2.32 bits per heavy atom. The van der Waals surface area contributed by atoms with Crippen molar-refractivity contribution in [2.24, 2.45) is 0 Å². The van der Waals surface area contributed by atoms with Gasteiger partial charge in [-0.05, 0) is 43.3 Å². The fourth-order valence-electron chi connectivity index (χ4n) is 1.84. The average Bonchev–Trinajstić information content (AvgIpc) is 2.52. The van der Waals surface area contributed by atoms with E-state index in [0.29, 0.717) is 29.7 Å². The number of hydrogen-bond acceptors (Lipinski definition) is 3. The van der Waals surface area contributed by atoms with Gasteiger partial charge in [-0.25, -0.2) is 0 Å². The number of hydrogen-bond donors (Lipinski definition) is 1. The van der Waals surface area contributed by atoms with Crippen molar-refractivity contribution < 1.29 is 14.3 Å². The Balaban J connectivity index is 1.76. The Labute approximate surface area is 135 Å². The van der Waals surface area contributed by atoms with E-state index in [1.807, 2.05) is 43.3 Å². The second-order valence-corrected chi connectivity index (χ2v) is 4.94. The van der Waals surface area contributed by atoms with Crippen LogP contribution in [0, 0.1) is 0 Å². The summed E-state index contributed by atoms with van der Waals surface area (Å²) in [6.07, 6.45) is 0.248. The third-order valence-electron chi connectivity index (χ3n) is 2.88. The minimum Gasteiger partial charge on any atom is -0.494 e. The van der Waals surface area contributed by atoms with Gasteiger partial charge < -0.3 is 14.8 Å². The minimum absolute atomic E-state index is 0.140. The van der Waals surface area contributed by atoms with Crippen LogP contribution in [0.5, 0.6) is 11.5 Å². The lowest BCUT2D eigenvalue weighted by Gasteiger charge is -2.09. The number of carbonyl (C=O) groups excluding carboxylic acids is 1. The molecule has 0 saturated heterocycles. The second-order valence-electron chi connectivity index (χ2n) is 4.53. The van der Waals surface area contributed by atoms with E-state index in [0.717, 1.165) is 5.75 Å². The monoisotopic (exact) mass is 319 g/mol. The van der Waals surface area contributed by atoms with Crippen molar-refractivity contribution >= 4 is 23.2 Å². The third-order valence-corrected chi connectivity index (χ3v) is 3.21. The van der Waals surface area contributed by atoms with E-state index in [2.05, 4.69) is 5.32 Å². The highest BCUT2D eigenvalue weighted by Crippen LogP contribution is 2.21. The normalized spacial score (nSPS) is 10.1. The first-order chi connectivity index (χ1) is 10.7. The fourth-order valence-corrected chi connectivity index (χ4v) is 2.02. The van der Waals surface area contributed by atoms with Crippen LogP contribution in [-0.2, 0) is 4.79 Å². The van der Waals surface area contributed by atoms with Crippen molar-refractivity contribution in [2.75, 3.05) is 18.5 Å². The molecule has 22 heavy (non-hydrogen) atoms. The van der Waals surface area contributed by atoms with E-state index >= 15 is 0 Å². The van der Waals surface area contributed by atoms with Gasteiger partial charge in [-0.15, -0.1) is 0 Å². The summed E-state index contributed by atoms with van der Waals surface area (Å²) in [7, 11) is 0. The number of anilines is 1. The molecule has 0 saturated carbocycles. The Kier molecular flexibility index (Phi) is 6.10. The standard InChI is InChI=1S/C17H18ClNO3/c1-2-21-13-7-9-14(10-8-13)22-12-11-17(20)19-16-6-4-3-5-15(16)18/h3-10H,2,11-12H2,1H3,(H,19,20). The topological polar surface area (TPSA) is 47.6 Å². The summed E-state index contributed by atoms with van der Waals surface area (Å²) < 4.78 is 10.9. The number of amides is 1. The molecule has 0 atom stereocenters. The molecule has 1 N–H and O–H groups in total. The molecule has 1 amide bonds. The first-order valence-electron chi connectivity index (χ1n) is 7.09. The quantitative estimate of drug-likeness (QED) is 0.834. The molecule has 0 aromatic heterocycles. The van der Waals surface area contributed by atoms with Gasteiger partial charge in [0.05, 0.1) is 30.3 Å². The van der Waals surface area contributed by atoms with Crippen LogP contribution in [0.2, 0.25) is 5.02 Å². The highest BCUT2D eigenvalue weighted by Gasteiger charge is 2.05. The third kappa shape index (κ3) is 4.97. The van der Waals surface area contributed by atoms with E-state index in [9.17, 15) is 4.79 Å². The maximum atomic E-state index is 11.8. The molecule has 4 nitrogen and oxygen atoms in total. The van der Waals surface area contributed by atoms with Gasteiger partial charge in [-0.3, -0.25) is 4.79 Å². The van der Waals surface area contributed by atoms with Gasteiger partial charge in [0, 0.05) is 0 Å². The van der Waals surface area contributed by atoms with Crippen molar-refractivity contribution in [2.45, 2.75) is 13.3 Å². The fraction of sp³-hybridized carbons (Fsp3) is 0.235. The van der Waals surface area contributed by atoms with E-state index in [1.54, 1.807) is 12.1 Å². The average molecular weight is 320 g/mol. The molecule has 0 fully saturated rings. The van der Waals surface area contributed by atoms with Crippen LogP contribution in [0.25, 0.3) is 0 Å². The van der Waals surface area contributed by atoms with Crippen LogP contribution in [0.15, 0.2) is 48.5 Å².